The van der Waals surface area contributed by atoms with Crippen molar-refractivity contribution in [1.82, 2.24) is 5.32 Å². The molecule has 0 unspecified atom stereocenters. The van der Waals surface area contributed by atoms with Gasteiger partial charge in [-0.1, -0.05) is 20.8 Å². The van der Waals surface area contributed by atoms with Gasteiger partial charge in [-0.05, 0) is 12.8 Å². The highest BCUT2D eigenvalue weighted by Crippen LogP contribution is 2.17. The Kier molecular flexibility index (Phi) is 12.1. The second-order valence-corrected chi connectivity index (χ2v) is 6.51. The van der Waals surface area contributed by atoms with E-state index in [2.05, 4.69) is 5.32 Å². The summed E-state index contributed by atoms with van der Waals surface area (Å²) in [5, 5.41) is 2.86. The third-order valence-corrected chi connectivity index (χ3v) is 4.74. The van der Waals surface area contributed by atoms with Crippen LogP contribution in [0.5, 0.6) is 0 Å². The SMILES string of the molecule is CCC(=O)C[C@@H](COC(=O)CC)CSC[C@H](C)C(=O)CNC. The fourth-order valence-electron chi connectivity index (χ4n) is 1.80. The smallest absolute Gasteiger partial charge is 0.305 e. The Bertz CT molecular complexity index is 360. The fourth-order valence-corrected chi connectivity index (χ4v) is 3.02. The van der Waals surface area contributed by atoms with E-state index in [1.807, 2.05) is 13.8 Å². The third-order valence-electron chi connectivity index (χ3n) is 3.30. The van der Waals surface area contributed by atoms with Crippen LogP contribution < -0.4 is 5.32 Å². The summed E-state index contributed by atoms with van der Waals surface area (Å²) >= 11 is 1.64. The lowest BCUT2D eigenvalue weighted by Gasteiger charge is -2.17. The fraction of sp³-hybridized carbons (Fsp3) is 0.812. The predicted octanol–water partition coefficient (Wildman–Crippen LogP) is 2.08. The molecule has 5 nitrogen and oxygen atoms in total. The Labute approximate surface area is 137 Å². The van der Waals surface area contributed by atoms with Crippen molar-refractivity contribution >= 4 is 29.3 Å². The number of rotatable bonds is 13. The maximum Gasteiger partial charge on any atom is 0.305 e. The summed E-state index contributed by atoms with van der Waals surface area (Å²) in [7, 11) is 1.76. The number of hydrogen-bond acceptors (Lipinski definition) is 6. The monoisotopic (exact) mass is 331 g/mol. The minimum absolute atomic E-state index is 0.0156. The molecule has 0 aliphatic heterocycles. The van der Waals surface area contributed by atoms with Crippen molar-refractivity contribution in [2.45, 2.75) is 40.0 Å². The largest absolute Gasteiger partial charge is 0.465 e. The zero-order chi connectivity index (χ0) is 17.0. The van der Waals surface area contributed by atoms with E-state index < -0.39 is 0 Å². The molecule has 128 valence electrons. The number of Topliss-reactive ketones (excluding diaryl/α,β-unsaturated/α-hetero) is 2. The molecule has 0 aliphatic carbocycles. The Balaban J connectivity index is 4.24. The highest BCUT2D eigenvalue weighted by Gasteiger charge is 2.17. The lowest BCUT2D eigenvalue weighted by Crippen LogP contribution is -2.26. The van der Waals surface area contributed by atoms with Gasteiger partial charge in [-0.3, -0.25) is 14.4 Å². The van der Waals surface area contributed by atoms with Crippen LogP contribution in [-0.2, 0) is 19.1 Å². The molecule has 0 saturated carbocycles. The summed E-state index contributed by atoms with van der Waals surface area (Å²) in [6, 6.07) is 0. The molecule has 2 atom stereocenters. The van der Waals surface area contributed by atoms with Crippen molar-refractivity contribution in [3.8, 4) is 0 Å². The third kappa shape index (κ3) is 9.95. The number of likely N-dealkylation sites (N-methyl/N-ethyl adjacent to an activating group) is 1. The maximum absolute atomic E-state index is 11.7. The lowest BCUT2D eigenvalue weighted by atomic mass is 10.0. The molecule has 0 rings (SSSR count). The molecule has 0 bridgehead atoms. The van der Waals surface area contributed by atoms with Crippen molar-refractivity contribution in [2.24, 2.45) is 11.8 Å². The van der Waals surface area contributed by atoms with Gasteiger partial charge in [0.25, 0.3) is 0 Å². The van der Waals surface area contributed by atoms with Crippen molar-refractivity contribution in [3.05, 3.63) is 0 Å². The highest BCUT2D eigenvalue weighted by molar-refractivity contribution is 7.99. The van der Waals surface area contributed by atoms with Crippen LogP contribution in [0.2, 0.25) is 0 Å². The van der Waals surface area contributed by atoms with Gasteiger partial charge in [0.1, 0.15) is 11.6 Å². The minimum Gasteiger partial charge on any atom is -0.465 e. The van der Waals surface area contributed by atoms with Gasteiger partial charge < -0.3 is 10.1 Å². The topological polar surface area (TPSA) is 72.5 Å². The van der Waals surface area contributed by atoms with E-state index >= 15 is 0 Å². The molecule has 0 aromatic rings. The average Bonchev–Trinajstić information content (AvgIpc) is 2.51. The molecule has 0 aliphatic rings. The normalized spacial score (nSPS) is 13.5. The van der Waals surface area contributed by atoms with E-state index in [-0.39, 0.29) is 36.0 Å². The van der Waals surface area contributed by atoms with Gasteiger partial charge in [0.15, 0.2) is 0 Å². The standard InChI is InChI=1S/C16H29NO4S/c1-5-14(18)7-13(9-21-16(20)6-2)11-22-10-12(3)15(19)8-17-4/h12-13,17H,5-11H2,1-4H3/t12-,13-/m0/s1. The molecule has 0 spiro atoms. The van der Waals surface area contributed by atoms with Crippen molar-refractivity contribution < 1.29 is 19.1 Å². The molecule has 1 N–H and O–H groups in total. The summed E-state index contributed by atoms with van der Waals surface area (Å²) < 4.78 is 5.16. The van der Waals surface area contributed by atoms with Gasteiger partial charge in [-0.2, -0.15) is 11.8 Å². The van der Waals surface area contributed by atoms with E-state index in [0.717, 1.165) is 11.5 Å². The molecule has 22 heavy (non-hydrogen) atoms. The van der Waals surface area contributed by atoms with E-state index in [1.54, 1.807) is 25.7 Å². The molecule has 0 saturated heterocycles. The first-order chi connectivity index (χ1) is 10.4. The predicted molar refractivity (Wildman–Crippen MR) is 90.1 cm³/mol. The van der Waals surface area contributed by atoms with Crippen LogP contribution in [-0.4, -0.2) is 49.2 Å². The molecule has 0 fully saturated rings. The van der Waals surface area contributed by atoms with Gasteiger partial charge in [0.05, 0.1) is 13.2 Å². The van der Waals surface area contributed by atoms with Crippen molar-refractivity contribution in [1.29, 1.82) is 0 Å². The number of ether oxygens (including phenoxy) is 1. The first-order valence-electron chi connectivity index (χ1n) is 7.86. The van der Waals surface area contributed by atoms with Gasteiger partial charge >= 0.3 is 5.97 Å². The Morgan fingerprint density at radius 3 is 2.36 bits per heavy atom. The van der Waals surface area contributed by atoms with Crippen LogP contribution in [0, 0.1) is 11.8 Å². The number of hydrogen-bond donors (Lipinski definition) is 1. The molecule has 6 heteroatoms. The van der Waals surface area contributed by atoms with Crippen LogP contribution in [0.15, 0.2) is 0 Å². The maximum atomic E-state index is 11.7. The van der Waals surface area contributed by atoms with Crippen LogP contribution in [0.1, 0.15) is 40.0 Å². The minimum atomic E-state index is -0.239. The summed E-state index contributed by atoms with van der Waals surface area (Å²) in [4.78, 5) is 34.6. The number of carbonyl (C=O) groups excluding carboxylic acids is 3. The van der Waals surface area contributed by atoms with Gasteiger partial charge in [0.2, 0.25) is 0 Å². The zero-order valence-electron chi connectivity index (χ0n) is 14.1. The van der Waals surface area contributed by atoms with E-state index in [0.29, 0.717) is 25.8 Å². The molecule has 0 aromatic carbocycles. The second-order valence-electron chi connectivity index (χ2n) is 5.43. The van der Waals surface area contributed by atoms with Crippen LogP contribution >= 0.6 is 11.8 Å². The summed E-state index contributed by atoms with van der Waals surface area (Å²) in [5.41, 5.74) is 0. The van der Waals surface area contributed by atoms with Gasteiger partial charge in [-0.25, -0.2) is 0 Å². The quantitative estimate of drug-likeness (QED) is 0.521. The van der Waals surface area contributed by atoms with Crippen molar-refractivity contribution in [2.75, 3.05) is 31.7 Å². The zero-order valence-corrected chi connectivity index (χ0v) is 15.0. The van der Waals surface area contributed by atoms with E-state index in [9.17, 15) is 14.4 Å². The Morgan fingerprint density at radius 1 is 1.14 bits per heavy atom. The Morgan fingerprint density at radius 2 is 1.82 bits per heavy atom. The summed E-state index contributed by atoms with van der Waals surface area (Å²) in [5.74, 6) is 1.58. The molecule has 0 heterocycles. The van der Waals surface area contributed by atoms with Gasteiger partial charge in [0, 0.05) is 36.9 Å². The second kappa shape index (κ2) is 12.6. The average molecular weight is 331 g/mol. The first-order valence-corrected chi connectivity index (χ1v) is 9.02. The number of thioether (sulfide) groups is 1. The van der Waals surface area contributed by atoms with E-state index in [4.69, 9.17) is 4.74 Å². The van der Waals surface area contributed by atoms with E-state index in [1.165, 1.54) is 0 Å². The molecular formula is C16H29NO4S. The summed E-state index contributed by atoms with van der Waals surface area (Å²) in [6.07, 6.45) is 1.27. The lowest BCUT2D eigenvalue weighted by molar-refractivity contribution is -0.145. The summed E-state index contributed by atoms with van der Waals surface area (Å²) in [6.45, 7) is 6.16. The first kappa shape index (κ1) is 21.1. The number of esters is 1. The molecular weight excluding hydrogens is 302 g/mol. The number of nitrogens with one attached hydrogen (secondary N) is 1. The molecule has 0 amide bonds. The molecule has 0 aromatic heterocycles. The number of carbonyl (C=O) groups is 3. The van der Waals surface area contributed by atoms with Crippen molar-refractivity contribution in [3.63, 3.8) is 0 Å². The Hall–Kier alpha value is -0.880. The number of ketones is 2. The van der Waals surface area contributed by atoms with Crippen LogP contribution in [0.3, 0.4) is 0 Å². The highest BCUT2D eigenvalue weighted by atomic mass is 32.2. The molecule has 0 radical (unpaired) electrons. The van der Waals surface area contributed by atoms with Crippen LogP contribution in [0.25, 0.3) is 0 Å². The van der Waals surface area contributed by atoms with Gasteiger partial charge in [-0.15, -0.1) is 0 Å². The van der Waals surface area contributed by atoms with Crippen LogP contribution in [0.4, 0.5) is 0 Å².